The molecule has 0 heterocycles. The van der Waals surface area contributed by atoms with Gasteiger partial charge in [0.2, 0.25) is 0 Å². The maximum atomic E-state index is 2.00. The van der Waals surface area contributed by atoms with Crippen LogP contribution in [0.3, 0.4) is 0 Å². The number of nitrogens with zero attached hydrogens (tertiary/aromatic N) is 1. The number of rotatable bonds is 0. The molecule has 0 saturated heterocycles. The molecule has 0 saturated carbocycles. The van der Waals surface area contributed by atoms with Crippen LogP contribution in [-0.2, 0) is 21.7 Å². The quantitative estimate of drug-likeness (QED) is 0.424. The third-order valence-corrected chi connectivity index (χ3v) is 0.556. The van der Waals surface area contributed by atoms with Crippen molar-refractivity contribution in [1.29, 1.82) is 0 Å². The van der Waals surface area contributed by atoms with Crippen LogP contribution in [0.15, 0.2) is 30.3 Å². The van der Waals surface area contributed by atoms with Crippen molar-refractivity contribution in [3.8, 4) is 0 Å². The van der Waals surface area contributed by atoms with Gasteiger partial charge in [0.15, 0.2) is 0 Å². The molecule has 56 valence electrons. The molecule has 2 heteroatoms. The molecule has 0 aliphatic carbocycles. The Hall–Kier alpha value is 0.0243. The summed E-state index contributed by atoms with van der Waals surface area (Å²) in [4.78, 5) is 2.00. The molecule has 10 heavy (non-hydrogen) atoms. The van der Waals surface area contributed by atoms with Crippen LogP contribution in [-0.4, -0.2) is 26.0 Å². The molecule has 0 unspecified atom stereocenters. The monoisotopic (exact) mass is 172 g/mol. The van der Waals surface area contributed by atoms with Crippen molar-refractivity contribution >= 4 is 0 Å². The van der Waals surface area contributed by atoms with Crippen molar-refractivity contribution in [3.05, 3.63) is 30.3 Å². The van der Waals surface area contributed by atoms with Gasteiger partial charge in [0.05, 0.1) is 0 Å². The van der Waals surface area contributed by atoms with Gasteiger partial charge in [0.1, 0.15) is 0 Å². The molecule has 1 rings (SSSR count). The van der Waals surface area contributed by atoms with Crippen molar-refractivity contribution in [1.82, 2.24) is 4.90 Å². The van der Waals surface area contributed by atoms with E-state index in [-0.39, 0.29) is 21.7 Å². The van der Waals surface area contributed by atoms with E-state index in [4.69, 9.17) is 0 Å². The van der Waals surface area contributed by atoms with E-state index in [0.717, 1.165) is 0 Å². The molecular formula is C8H14NTi-. The Morgan fingerprint density at radius 2 is 1.30 bits per heavy atom. The first-order valence-electron chi connectivity index (χ1n) is 3.01. The minimum atomic E-state index is 0. The molecule has 0 amide bonds. The van der Waals surface area contributed by atoms with Gasteiger partial charge >= 0.3 is 0 Å². The second kappa shape index (κ2) is 9.02. The van der Waals surface area contributed by atoms with E-state index in [2.05, 4.69) is 0 Å². The van der Waals surface area contributed by atoms with Gasteiger partial charge in [0, 0.05) is 21.7 Å². The van der Waals surface area contributed by atoms with E-state index in [0.29, 0.717) is 0 Å². The van der Waals surface area contributed by atoms with Crippen molar-refractivity contribution in [3.63, 3.8) is 0 Å². The summed E-state index contributed by atoms with van der Waals surface area (Å²) in [5, 5.41) is 0. The first-order chi connectivity index (χ1) is 4.23. The Bertz CT molecular complexity index is 92.8. The van der Waals surface area contributed by atoms with Gasteiger partial charge < -0.3 is 4.90 Å². The van der Waals surface area contributed by atoms with Crippen LogP contribution in [0.25, 0.3) is 0 Å². The second-order valence-corrected chi connectivity index (χ2v) is 2.30. The maximum absolute atomic E-state index is 2.00. The third-order valence-electron chi connectivity index (χ3n) is 0.556. The van der Waals surface area contributed by atoms with Crippen molar-refractivity contribution in [2.45, 2.75) is 0 Å². The van der Waals surface area contributed by atoms with Crippen molar-refractivity contribution < 1.29 is 21.7 Å². The van der Waals surface area contributed by atoms with Crippen LogP contribution in [0, 0.1) is 0 Å². The Kier molecular flexibility index (Phi) is 11.4. The molecule has 0 radical (unpaired) electrons. The minimum absolute atomic E-state index is 0. The predicted molar refractivity (Wildman–Crippen MR) is 41.6 cm³/mol. The summed E-state index contributed by atoms with van der Waals surface area (Å²) < 4.78 is 0. The normalized spacial score (nSPS) is 7.60. The molecule has 0 aliphatic rings. The summed E-state index contributed by atoms with van der Waals surface area (Å²) in [5.74, 6) is 0. The summed E-state index contributed by atoms with van der Waals surface area (Å²) in [5.41, 5.74) is 0. The van der Waals surface area contributed by atoms with Crippen LogP contribution >= 0.6 is 0 Å². The molecule has 0 aromatic heterocycles. The summed E-state index contributed by atoms with van der Waals surface area (Å²) >= 11 is 0. The van der Waals surface area contributed by atoms with Gasteiger partial charge in [0.25, 0.3) is 0 Å². The average Bonchev–Trinajstić information content (AvgIpc) is 2.11. The van der Waals surface area contributed by atoms with Gasteiger partial charge in [-0.25, -0.2) is 12.1 Å². The molecule has 0 aliphatic heterocycles. The largest absolute Gasteiger partial charge is 0.312 e. The average molecular weight is 172 g/mol. The first-order valence-corrected chi connectivity index (χ1v) is 3.01. The zero-order chi connectivity index (χ0) is 7.11. The molecular weight excluding hydrogens is 158 g/mol. The maximum Gasteiger partial charge on any atom is 0 e. The van der Waals surface area contributed by atoms with E-state index in [9.17, 15) is 0 Å². The Morgan fingerprint density at radius 3 is 1.40 bits per heavy atom. The van der Waals surface area contributed by atoms with Crippen LogP contribution in [0.4, 0.5) is 0 Å². The number of hydrogen-bond acceptors (Lipinski definition) is 1. The topological polar surface area (TPSA) is 3.24 Å². The Morgan fingerprint density at radius 1 is 1.00 bits per heavy atom. The zero-order valence-corrected chi connectivity index (χ0v) is 8.40. The van der Waals surface area contributed by atoms with E-state index >= 15 is 0 Å². The Balaban J connectivity index is 0. The predicted octanol–water partition coefficient (Wildman–Crippen LogP) is 1.58. The standard InChI is InChI=1S/C5H5.C3H9N.Ti/c1-2-4-5-3-1;1-4(2)3;/h1-5H;1-3H3;/q-1;;. The van der Waals surface area contributed by atoms with Gasteiger partial charge in [-0.05, 0) is 21.1 Å². The van der Waals surface area contributed by atoms with Crippen LogP contribution < -0.4 is 0 Å². The summed E-state index contributed by atoms with van der Waals surface area (Å²) in [6, 6.07) is 10.0. The zero-order valence-electron chi connectivity index (χ0n) is 6.83. The smallest absolute Gasteiger partial charge is 0 e. The van der Waals surface area contributed by atoms with E-state index in [1.807, 2.05) is 56.4 Å². The molecule has 1 aromatic carbocycles. The first kappa shape index (κ1) is 12.7. The van der Waals surface area contributed by atoms with E-state index in [1.165, 1.54) is 0 Å². The van der Waals surface area contributed by atoms with Gasteiger partial charge in [-0.3, -0.25) is 0 Å². The second-order valence-electron chi connectivity index (χ2n) is 2.30. The SMILES string of the molecule is CN(C)C.[Ti].c1cc[cH-]c1. The Labute approximate surface area is 78.3 Å². The fraction of sp³-hybridized carbons (Fsp3) is 0.375. The summed E-state index contributed by atoms with van der Waals surface area (Å²) in [6.07, 6.45) is 0. The van der Waals surface area contributed by atoms with Gasteiger partial charge in [-0.2, -0.15) is 18.2 Å². The fourth-order valence-corrected chi connectivity index (χ4v) is 0.321. The van der Waals surface area contributed by atoms with Gasteiger partial charge in [-0.1, -0.05) is 0 Å². The van der Waals surface area contributed by atoms with Crippen LogP contribution in [0.5, 0.6) is 0 Å². The third kappa shape index (κ3) is 15.7. The van der Waals surface area contributed by atoms with Crippen LogP contribution in [0.2, 0.25) is 0 Å². The molecule has 1 nitrogen and oxygen atoms in total. The molecule has 0 N–H and O–H groups in total. The molecule has 0 atom stereocenters. The molecule has 0 spiro atoms. The summed E-state index contributed by atoms with van der Waals surface area (Å²) in [6.45, 7) is 0. The minimum Gasteiger partial charge on any atom is -0.312 e. The van der Waals surface area contributed by atoms with E-state index in [1.54, 1.807) is 0 Å². The van der Waals surface area contributed by atoms with Crippen molar-refractivity contribution in [2.24, 2.45) is 0 Å². The molecule has 0 fully saturated rings. The van der Waals surface area contributed by atoms with Crippen molar-refractivity contribution in [2.75, 3.05) is 21.1 Å². The van der Waals surface area contributed by atoms with Gasteiger partial charge in [-0.15, -0.1) is 0 Å². The molecule has 1 aromatic rings. The fourth-order valence-electron chi connectivity index (χ4n) is 0.321. The number of hydrogen-bond donors (Lipinski definition) is 0. The molecule has 0 bridgehead atoms. The van der Waals surface area contributed by atoms with Crippen LogP contribution in [0.1, 0.15) is 0 Å². The summed E-state index contributed by atoms with van der Waals surface area (Å²) in [7, 11) is 6.00. The van der Waals surface area contributed by atoms with E-state index < -0.39 is 0 Å².